The molecule has 3 rings (SSSR count). The van der Waals surface area contributed by atoms with Gasteiger partial charge in [-0.25, -0.2) is 0 Å². The van der Waals surface area contributed by atoms with E-state index in [1.807, 2.05) is 59.4 Å². The van der Waals surface area contributed by atoms with Gasteiger partial charge in [0.1, 0.15) is 0 Å². The van der Waals surface area contributed by atoms with Gasteiger partial charge < -0.3 is 5.32 Å². The van der Waals surface area contributed by atoms with Gasteiger partial charge in [-0.15, -0.1) is 0 Å². The number of halogens is 1. The van der Waals surface area contributed by atoms with Gasteiger partial charge in [-0.2, -0.15) is 5.10 Å². The molecule has 0 aliphatic carbocycles. The van der Waals surface area contributed by atoms with E-state index in [1.54, 1.807) is 12.3 Å². The molecule has 1 amide bonds. The Morgan fingerprint density at radius 1 is 1.13 bits per heavy atom. The Kier molecular flexibility index (Phi) is 4.74. The van der Waals surface area contributed by atoms with Gasteiger partial charge in [0.25, 0.3) is 0 Å². The summed E-state index contributed by atoms with van der Waals surface area (Å²) < 4.78 is 1.84. The molecular formula is C18H16ClN3O. The number of amides is 1. The van der Waals surface area contributed by atoms with Crippen LogP contribution >= 0.6 is 11.6 Å². The summed E-state index contributed by atoms with van der Waals surface area (Å²) in [6.45, 7) is 0.668. The van der Waals surface area contributed by atoms with Gasteiger partial charge in [-0.3, -0.25) is 9.48 Å². The van der Waals surface area contributed by atoms with E-state index >= 15 is 0 Å². The van der Waals surface area contributed by atoms with E-state index in [-0.39, 0.29) is 12.3 Å². The van der Waals surface area contributed by atoms with Gasteiger partial charge >= 0.3 is 0 Å². The van der Waals surface area contributed by atoms with E-state index < -0.39 is 0 Å². The number of nitrogens with one attached hydrogen (secondary N) is 1. The van der Waals surface area contributed by atoms with E-state index in [2.05, 4.69) is 10.4 Å². The van der Waals surface area contributed by atoms with Crippen LogP contribution in [-0.4, -0.2) is 15.7 Å². The second kappa shape index (κ2) is 7.11. The second-order valence-corrected chi connectivity index (χ2v) is 5.63. The molecule has 0 bridgehead atoms. The van der Waals surface area contributed by atoms with Gasteiger partial charge in [-0.1, -0.05) is 41.9 Å². The van der Waals surface area contributed by atoms with Gasteiger partial charge in [0.05, 0.1) is 13.0 Å². The van der Waals surface area contributed by atoms with Crippen molar-refractivity contribution in [1.82, 2.24) is 9.78 Å². The standard InChI is InChI=1S/C18H16ClN3O/c19-17-8-2-1-6-15(17)12-18(23)21-16-7-3-5-14(11-16)13-22-10-4-9-20-22/h1-11H,12-13H2,(H,21,23). The Morgan fingerprint density at radius 3 is 2.78 bits per heavy atom. The molecular weight excluding hydrogens is 310 g/mol. The van der Waals surface area contributed by atoms with Crippen LogP contribution in [0.4, 0.5) is 5.69 Å². The van der Waals surface area contributed by atoms with Crippen LogP contribution in [0.2, 0.25) is 5.02 Å². The fourth-order valence-corrected chi connectivity index (χ4v) is 2.55. The molecule has 1 aromatic heterocycles. The zero-order valence-electron chi connectivity index (χ0n) is 12.4. The van der Waals surface area contributed by atoms with Crippen LogP contribution in [0.5, 0.6) is 0 Å². The van der Waals surface area contributed by atoms with Crippen molar-refractivity contribution in [3.8, 4) is 0 Å². The minimum absolute atomic E-state index is 0.0886. The minimum Gasteiger partial charge on any atom is -0.326 e. The lowest BCUT2D eigenvalue weighted by Crippen LogP contribution is -2.14. The highest BCUT2D eigenvalue weighted by Gasteiger charge is 2.07. The van der Waals surface area contributed by atoms with Crippen LogP contribution in [0.15, 0.2) is 67.0 Å². The van der Waals surface area contributed by atoms with Crippen LogP contribution < -0.4 is 5.32 Å². The zero-order valence-corrected chi connectivity index (χ0v) is 13.2. The second-order valence-electron chi connectivity index (χ2n) is 5.22. The number of aromatic nitrogens is 2. The van der Waals surface area contributed by atoms with Crippen LogP contribution in [0.25, 0.3) is 0 Å². The summed E-state index contributed by atoms with van der Waals surface area (Å²) in [5.41, 5.74) is 2.66. The first kappa shape index (κ1) is 15.3. The molecule has 0 atom stereocenters. The van der Waals surface area contributed by atoms with Crippen molar-refractivity contribution in [2.24, 2.45) is 0 Å². The lowest BCUT2D eigenvalue weighted by Gasteiger charge is -2.08. The van der Waals surface area contributed by atoms with E-state index in [9.17, 15) is 4.79 Å². The van der Waals surface area contributed by atoms with E-state index in [0.717, 1.165) is 16.8 Å². The Balaban J connectivity index is 1.65. The summed E-state index contributed by atoms with van der Waals surface area (Å²) >= 11 is 6.09. The Bertz CT molecular complexity index is 800. The van der Waals surface area contributed by atoms with Crippen molar-refractivity contribution < 1.29 is 4.79 Å². The third-order valence-electron chi connectivity index (χ3n) is 3.42. The quantitative estimate of drug-likeness (QED) is 0.776. The molecule has 3 aromatic rings. The first-order valence-electron chi connectivity index (χ1n) is 7.30. The predicted octanol–water partition coefficient (Wildman–Crippen LogP) is 3.77. The van der Waals surface area contributed by atoms with Crippen molar-refractivity contribution in [2.45, 2.75) is 13.0 Å². The predicted molar refractivity (Wildman–Crippen MR) is 91.6 cm³/mol. The summed E-state index contributed by atoms with van der Waals surface area (Å²) in [6, 6.07) is 17.0. The molecule has 23 heavy (non-hydrogen) atoms. The molecule has 116 valence electrons. The highest BCUT2D eigenvalue weighted by Crippen LogP contribution is 2.17. The maximum absolute atomic E-state index is 12.2. The average molecular weight is 326 g/mol. The molecule has 0 saturated carbocycles. The molecule has 1 N–H and O–H groups in total. The number of carbonyl (C=O) groups excluding carboxylic acids is 1. The van der Waals surface area contributed by atoms with E-state index in [4.69, 9.17) is 11.6 Å². The normalized spacial score (nSPS) is 10.5. The van der Waals surface area contributed by atoms with E-state index in [0.29, 0.717) is 11.6 Å². The van der Waals surface area contributed by atoms with Crippen molar-refractivity contribution in [3.05, 3.63) is 83.1 Å². The number of rotatable bonds is 5. The molecule has 2 aromatic carbocycles. The fourth-order valence-electron chi connectivity index (χ4n) is 2.35. The number of anilines is 1. The fraction of sp³-hybridized carbons (Fsp3) is 0.111. The van der Waals surface area contributed by atoms with Gasteiger partial charge in [0, 0.05) is 23.1 Å². The van der Waals surface area contributed by atoms with Crippen LogP contribution in [0.1, 0.15) is 11.1 Å². The van der Waals surface area contributed by atoms with Gasteiger partial charge in [-0.05, 0) is 35.4 Å². The Hall–Kier alpha value is -2.59. The lowest BCUT2D eigenvalue weighted by atomic mass is 10.1. The number of hydrogen-bond acceptors (Lipinski definition) is 2. The zero-order chi connectivity index (χ0) is 16.1. The molecule has 4 nitrogen and oxygen atoms in total. The van der Waals surface area contributed by atoms with Crippen molar-refractivity contribution in [3.63, 3.8) is 0 Å². The number of benzene rings is 2. The first-order chi connectivity index (χ1) is 11.2. The molecule has 0 unspecified atom stereocenters. The van der Waals surface area contributed by atoms with Crippen LogP contribution in [0.3, 0.4) is 0 Å². The average Bonchev–Trinajstić information content (AvgIpc) is 3.03. The molecule has 0 aliphatic rings. The number of carbonyl (C=O) groups is 1. The van der Waals surface area contributed by atoms with Crippen molar-refractivity contribution >= 4 is 23.2 Å². The molecule has 0 spiro atoms. The van der Waals surface area contributed by atoms with Crippen LogP contribution in [0, 0.1) is 0 Å². The summed E-state index contributed by atoms with van der Waals surface area (Å²) in [7, 11) is 0. The maximum Gasteiger partial charge on any atom is 0.228 e. The third kappa shape index (κ3) is 4.20. The highest BCUT2D eigenvalue weighted by atomic mass is 35.5. The van der Waals surface area contributed by atoms with Crippen LogP contribution in [-0.2, 0) is 17.8 Å². The topological polar surface area (TPSA) is 46.9 Å². The van der Waals surface area contributed by atoms with E-state index in [1.165, 1.54) is 0 Å². The maximum atomic E-state index is 12.2. The third-order valence-corrected chi connectivity index (χ3v) is 3.79. The molecule has 1 heterocycles. The SMILES string of the molecule is O=C(Cc1ccccc1Cl)Nc1cccc(Cn2cccn2)c1. The summed E-state index contributed by atoms with van der Waals surface area (Å²) in [6.07, 6.45) is 3.90. The lowest BCUT2D eigenvalue weighted by molar-refractivity contribution is -0.115. The molecule has 5 heteroatoms. The minimum atomic E-state index is -0.0886. The molecule has 0 aliphatic heterocycles. The Labute approximate surface area is 139 Å². The molecule has 0 saturated heterocycles. The van der Waals surface area contributed by atoms with Crippen molar-refractivity contribution in [1.29, 1.82) is 0 Å². The number of hydrogen-bond donors (Lipinski definition) is 1. The monoisotopic (exact) mass is 325 g/mol. The highest BCUT2D eigenvalue weighted by molar-refractivity contribution is 6.31. The molecule has 0 radical (unpaired) electrons. The Morgan fingerprint density at radius 2 is 2.00 bits per heavy atom. The smallest absolute Gasteiger partial charge is 0.228 e. The van der Waals surface area contributed by atoms with Gasteiger partial charge in [0.2, 0.25) is 5.91 Å². The summed E-state index contributed by atoms with van der Waals surface area (Å²) in [5.74, 6) is -0.0886. The molecule has 0 fully saturated rings. The first-order valence-corrected chi connectivity index (χ1v) is 7.68. The largest absolute Gasteiger partial charge is 0.326 e. The summed E-state index contributed by atoms with van der Waals surface area (Å²) in [5, 5.41) is 7.70. The van der Waals surface area contributed by atoms with Crippen molar-refractivity contribution in [2.75, 3.05) is 5.32 Å². The summed E-state index contributed by atoms with van der Waals surface area (Å²) in [4.78, 5) is 12.2. The van der Waals surface area contributed by atoms with Gasteiger partial charge in [0.15, 0.2) is 0 Å². The number of nitrogens with zero attached hydrogens (tertiary/aromatic N) is 2.